The summed E-state index contributed by atoms with van der Waals surface area (Å²) in [5.41, 5.74) is 3.11. The van der Waals surface area contributed by atoms with Crippen LogP contribution >= 0.6 is 0 Å². The number of aromatic nitrogens is 4. The van der Waals surface area contributed by atoms with Gasteiger partial charge in [0.15, 0.2) is 0 Å². The lowest BCUT2D eigenvalue weighted by Gasteiger charge is -2.20. The monoisotopic (exact) mass is 325 g/mol. The average molecular weight is 325 g/mol. The van der Waals surface area contributed by atoms with E-state index in [1.807, 2.05) is 32.2 Å². The Balaban J connectivity index is 1.60. The highest BCUT2D eigenvalue weighted by Crippen LogP contribution is 2.29. The van der Waals surface area contributed by atoms with Crippen LogP contribution in [0.25, 0.3) is 11.0 Å². The van der Waals surface area contributed by atoms with Crippen LogP contribution in [0.15, 0.2) is 30.5 Å². The highest BCUT2D eigenvalue weighted by Gasteiger charge is 2.33. The van der Waals surface area contributed by atoms with Gasteiger partial charge >= 0.3 is 0 Å². The van der Waals surface area contributed by atoms with Gasteiger partial charge < -0.3 is 15.0 Å². The van der Waals surface area contributed by atoms with E-state index in [4.69, 9.17) is 4.74 Å². The number of aryl methyl sites for hydroxylation is 2. The number of amides is 1. The van der Waals surface area contributed by atoms with Crippen LogP contribution in [0.5, 0.6) is 0 Å². The lowest BCUT2D eigenvalue weighted by molar-refractivity contribution is 0.0793. The van der Waals surface area contributed by atoms with Crippen molar-refractivity contribution in [2.75, 3.05) is 6.61 Å². The maximum atomic E-state index is 12.8. The lowest BCUT2D eigenvalue weighted by atomic mass is 10.1. The molecule has 2 aromatic heterocycles. The van der Waals surface area contributed by atoms with Crippen molar-refractivity contribution in [3.8, 4) is 0 Å². The van der Waals surface area contributed by atoms with Crippen molar-refractivity contribution in [1.29, 1.82) is 0 Å². The highest BCUT2D eigenvalue weighted by molar-refractivity contribution is 6.05. The summed E-state index contributed by atoms with van der Waals surface area (Å²) in [4.78, 5) is 20.4. The second-order valence-corrected chi connectivity index (χ2v) is 6.06. The number of hydrogen-bond donors (Lipinski definition) is 2. The number of rotatable bonds is 3. The summed E-state index contributed by atoms with van der Waals surface area (Å²) in [6, 6.07) is 7.42. The minimum atomic E-state index is -0.179. The normalized spacial score (nSPS) is 20.6. The largest absolute Gasteiger partial charge is 0.370 e. The highest BCUT2D eigenvalue weighted by atomic mass is 16.5. The van der Waals surface area contributed by atoms with Crippen LogP contribution in [-0.4, -0.2) is 38.3 Å². The van der Waals surface area contributed by atoms with Crippen molar-refractivity contribution in [2.45, 2.75) is 25.5 Å². The average Bonchev–Trinajstić information content (AvgIpc) is 3.25. The quantitative estimate of drug-likeness (QED) is 0.770. The molecule has 3 aromatic rings. The Bertz CT molecular complexity index is 897. The molecule has 1 fully saturated rings. The first-order valence-electron chi connectivity index (χ1n) is 7.99. The van der Waals surface area contributed by atoms with Gasteiger partial charge in [0.05, 0.1) is 22.8 Å². The first-order valence-corrected chi connectivity index (χ1v) is 7.99. The Morgan fingerprint density at radius 2 is 2.29 bits per heavy atom. The SMILES string of the molecule is Cc1nc2c(C(=O)N[C@H]3CCO[C@@H]3c3ccnn3C)cccc2[nH]1. The van der Waals surface area contributed by atoms with Crippen LogP contribution in [0.4, 0.5) is 0 Å². The van der Waals surface area contributed by atoms with Gasteiger partial charge in [0.2, 0.25) is 0 Å². The predicted octanol–water partition coefficient (Wildman–Crippen LogP) is 1.86. The summed E-state index contributed by atoms with van der Waals surface area (Å²) >= 11 is 0. The fourth-order valence-corrected chi connectivity index (χ4v) is 3.28. The molecule has 1 aromatic carbocycles. The second-order valence-electron chi connectivity index (χ2n) is 6.06. The van der Waals surface area contributed by atoms with Crippen LogP contribution in [0.2, 0.25) is 0 Å². The van der Waals surface area contributed by atoms with E-state index in [9.17, 15) is 4.79 Å². The summed E-state index contributed by atoms with van der Waals surface area (Å²) in [6.07, 6.45) is 2.34. The van der Waals surface area contributed by atoms with Gasteiger partial charge in [0, 0.05) is 19.9 Å². The van der Waals surface area contributed by atoms with Crippen molar-refractivity contribution < 1.29 is 9.53 Å². The van der Waals surface area contributed by atoms with Crippen LogP contribution in [0.3, 0.4) is 0 Å². The van der Waals surface area contributed by atoms with E-state index in [2.05, 4.69) is 20.4 Å². The summed E-state index contributed by atoms with van der Waals surface area (Å²) in [6.45, 7) is 2.50. The molecule has 0 unspecified atom stereocenters. The molecule has 124 valence electrons. The summed E-state index contributed by atoms with van der Waals surface area (Å²) in [5, 5.41) is 7.29. The van der Waals surface area contributed by atoms with Crippen molar-refractivity contribution in [1.82, 2.24) is 25.1 Å². The topological polar surface area (TPSA) is 84.8 Å². The Kier molecular flexibility index (Phi) is 3.57. The molecule has 0 aliphatic carbocycles. The molecule has 0 saturated carbocycles. The molecule has 24 heavy (non-hydrogen) atoms. The molecule has 0 radical (unpaired) electrons. The third-order valence-corrected chi connectivity index (χ3v) is 4.43. The van der Waals surface area contributed by atoms with E-state index >= 15 is 0 Å². The van der Waals surface area contributed by atoms with E-state index in [1.165, 1.54) is 0 Å². The van der Waals surface area contributed by atoms with Crippen molar-refractivity contribution >= 4 is 16.9 Å². The van der Waals surface area contributed by atoms with Crippen molar-refractivity contribution in [3.05, 3.63) is 47.5 Å². The number of ether oxygens (including phenoxy) is 1. The van der Waals surface area contributed by atoms with Crippen molar-refractivity contribution in [3.63, 3.8) is 0 Å². The van der Waals surface area contributed by atoms with Crippen LogP contribution in [0, 0.1) is 6.92 Å². The number of H-pyrrole nitrogens is 1. The number of nitrogens with one attached hydrogen (secondary N) is 2. The second kappa shape index (κ2) is 5.76. The van der Waals surface area contributed by atoms with Gasteiger partial charge in [-0.25, -0.2) is 4.98 Å². The number of imidazole rings is 1. The Hall–Kier alpha value is -2.67. The summed E-state index contributed by atoms with van der Waals surface area (Å²) in [7, 11) is 1.88. The number of para-hydroxylation sites is 1. The summed E-state index contributed by atoms with van der Waals surface area (Å²) in [5.74, 6) is 0.664. The molecule has 1 aliphatic heterocycles. The van der Waals surface area contributed by atoms with Crippen LogP contribution in [-0.2, 0) is 11.8 Å². The molecule has 2 N–H and O–H groups in total. The van der Waals surface area contributed by atoms with Gasteiger partial charge in [0.1, 0.15) is 17.4 Å². The molecule has 7 heteroatoms. The molecule has 1 amide bonds. The zero-order valence-electron chi connectivity index (χ0n) is 13.6. The van der Waals surface area contributed by atoms with E-state index in [0.717, 1.165) is 23.5 Å². The Morgan fingerprint density at radius 1 is 1.42 bits per heavy atom. The minimum Gasteiger partial charge on any atom is -0.370 e. The predicted molar refractivity (Wildman–Crippen MR) is 88.6 cm³/mol. The standard InChI is InChI=1S/C17H19N5O2/c1-10-19-12-5-3-4-11(15(12)20-10)17(23)21-13-7-9-24-16(13)14-6-8-18-22(14)2/h3-6,8,13,16H,7,9H2,1-2H3,(H,19,20)(H,21,23)/t13-,16-/m0/s1. The van der Waals surface area contributed by atoms with E-state index < -0.39 is 0 Å². The van der Waals surface area contributed by atoms with Gasteiger partial charge in [0.25, 0.3) is 5.91 Å². The molecule has 2 atom stereocenters. The third kappa shape index (κ3) is 2.46. The molecular weight excluding hydrogens is 306 g/mol. The summed E-state index contributed by atoms with van der Waals surface area (Å²) < 4.78 is 7.61. The number of carbonyl (C=O) groups is 1. The number of aromatic amines is 1. The number of carbonyl (C=O) groups excluding carboxylic acids is 1. The molecule has 4 rings (SSSR count). The maximum absolute atomic E-state index is 12.8. The number of nitrogens with zero attached hydrogens (tertiary/aromatic N) is 3. The van der Waals surface area contributed by atoms with Crippen LogP contribution in [0.1, 0.15) is 34.4 Å². The van der Waals surface area contributed by atoms with Gasteiger partial charge in [-0.2, -0.15) is 5.10 Å². The first-order chi connectivity index (χ1) is 11.6. The van der Waals surface area contributed by atoms with Crippen molar-refractivity contribution in [2.24, 2.45) is 7.05 Å². The number of hydrogen-bond acceptors (Lipinski definition) is 4. The van der Waals surface area contributed by atoms with Gasteiger partial charge in [-0.05, 0) is 31.5 Å². The molecule has 0 spiro atoms. The molecule has 0 bridgehead atoms. The lowest BCUT2D eigenvalue weighted by Crippen LogP contribution is -2.37. The minimum absolute atomic E-state index is 0.0804. The zero-order chi connectivity index (χ0) is 16.7. The Labute approximate surface area is 139 Å². The third-order valence-electron chi connectivity index (χ3n) is 4.43. The van der Waals surface area contributed by atoms with E-state index in [1.54, 1.807) is 16.9 Å². The fourth-order valence-electron chi connectivity index (χ4n) is 3.28. The molecular formula is C17H19N5O2. The van der Waals surface area contributed by atoms with Crippen LogP contribution < -0.4 is 5.32 Å². The molecule has 7 nitrogen and oxygen atoms in total. The van der Waals surface area contributed by atoms with Gasteiger partial charge in [-0.3, -0.25) is 9.48 Å². The maximum Gasteiger partial charge on any atom is 0.253 e. The number of benzene rings is 1. The van der Waals surface area contributed by atoms with Gasteiger partial charge in [-0.15, -0.1) is 0 Å². The molecule has 1 saturated heterocycles. The molecule has 3 heterocycles. The molecule has 1 aliphatic rings. The number of fused-ring (bicyclic) bond motifs is 1. The zero-order valence-corrected chi connectivity index (χ0v) is 13.6. The van der Waals surface area contributed by atoms with E-state index in [-0.39, 0.29) is 18.1 Å². The first kappa shape index (κ1) is 14.9. The fraction of sp³-hybridized carbons (Fsp3) is 0.353. The Morgan fingerprint density at radius 3 is 3.08 bits per heavy atom. The smallest absolute Gasteiger partial charge is 0.253 e. The van der Waals surface area contributed by atoms with E-state index in [0.29, 0.717) is 17.7 Å². The van der Waals surface area contributed by atoms with Gasteiger partial charge in [-0.1, -0.05) is 6.07 Å².